The van der Waals surface area contributed by atoms with Gasteiger partial charge >= 0.3 is 0 Å². The highest BCUT2D eigenvalue weighted by Gasteiger charge is 2.18. The molecule has 0 saturated carbocycles. The van der Waals surface area contributed by atoms with E-state index in [2.05, 4.69) is 4.98 Å². The summed E-state index contributed by atoms with van der Waals surface area (Å²) in [6, 6.07) is 1.97. The van der Waals surface area contributed by atoms with Gasteiger partial charge in [-0.15, -0.1) is 0 Å². The van der Waals surface area contributed by atoms with Crippen molar-refractivity contribution in [1.82, 2.24) is 4.98 Å². The number of nitrogens with zero attached hydrogens (tertiary/aromatic N) is 1. The number of pyridine rings is 1. The summed E-state index contributed by atoms with van der Waals surface area (Å²) in [5.74, 6) is 0.208. The van der Waals surface area contributed by atoms with Gasteiger partial charge in [0, 0.05) is 12.6 Å². The highest BCUT2D eigenvalue weighted by atomic mass is 16.1. The first-order valence-corrected chi connectivity index (χ1v) is 4.27. The van der Waals surface area contributed by atoms with E-state index in [0.29, 0.717) is 12.1 Å². The zero-order chi connectivity index (χ0) is 8.55. The number of aryl methyl sites for hydroxylation is 1. The Labute approximate surface area is 71.6 Å². The summed E-state index contributed by atoms with van der Waals surface area (Å²) in [6.45, 7) is 2.04. The fraction of sp³-hybridized carbons (Fsp3) is 0.400. The maximum atomic E-state index is 11.4. The van der Waals surface area contributed by atoms with Crippen LogP contribution in [0.1, 0.15) is 34.5 Å². The van der Waals surface area contributed by atoms with Crippen LogP contribution in [0.3, 0.4) is 0 Å². The number of Topliss-reactive ketones (excluding diaryl/α,β-unsaturated/α-hetero) is 1. The van der Waals surface area contributed by atoms with Crippen LogP contribution in [0.5, 0.6) is 0 Å². The van der Waals surface area contributed by atoms with Crippen molar-refractivity contribution < 1.29 is 4.79 Å². The van der Waals surface area contributed by atoms with Crippen LogP contribution in [-0.4, -0.2) is 10.8 Å². The predicted octanol–water partition coefficient (Wildman–Crippen LogP) is 1.91. The van der Waals surface area contributed by atoms with Gasteiger partial charge in [-0.25, -0.2) is 0 Å². The predicted molar refractivity (Wildman–Crippen MR) is 46.2 cm³/mol. The summed E-state index contributed by atoms with van der Waals surface area (Å²) in [5.41, 5.74) is 3.07. The molecular formula is C10H11NO. The summed E-state index contributed by atoms with van der Waals surface area (Å²) < 4.78 is 0. The van der Waals surface area contributed by atoms with Crippen LogP contribution < -0.4 is 0 Å². The normalized spacial score (nSPS) is 15.9. The molecule has 1 aliphatic rings. The van der Waals surface area contributed by atoms with E-state index >= 15 is 0 Å². The summed E-state index contributed by atoms with van der Waals surface area (Å²) in [5, 5.41) is 0. The van der Waals surface area contributed by atoms with Gasteiger partial charge in [-0.1, -0.05) is 0 Å². The van der Waals surface area contributed by atoms with Crippen molar-refractivity contribution in [2.45, 2.75) is 26.2 Å². The monoisotopic (exact) mass is 161 g/mol. The van der Waals surface area contributed by atoms with E-state index in [-0.39, 0.29) is 5.78 Å². The lowest BCUT2D eigenvalue weighted by atomic mass is 9.92. The molecule has 0 unspecified atom stereocenters. The molecule has 0 N–H and O–H groups in total. The Kier molecular flexibility index (Phi) is 1.68. The second kappa shape index (κ2) is 2.70. The Bertz CT molecular complexity index is 331. The molecule has 1 aliphatic carbocycles. The van der Waals surface area contributed by atoms with Gasteiger partial charge < -0.3 is 0 Å². The van der Waals surface area contributed by atoms with Crippen LogP contribution in [0.2, 0.25) is 0 Å². The van der Waals surface area contributed by atoms with Crippen LogP contribution in [0.25, 0.3) is 0 Å². The molecule has 1 heterocycles. The molecule has 0 radical (unpaired) electrons. The van der Waals surface area contributed by atoms with Gasteiger partial charge in [-0.2, -0.15) is 0 Å². The third kappa shape index (κ3) is 1.04. The van der Waals surface area contributed by atoms with Crippen molar-refractivity contribution in [2.24, 2.45) is 0 Å². The number of aromatic nitrogens is 1. The van der Waals surface area contributed by atoms with Gasteiger partial charge in [0.15, 0.2) is 5.78 Å². The topological polar surface area (TPSA) is 30.0 Å². The number of rotatable bonds is 0. The molecule has 2 rings (SSSR count). The number of hydrogen-bond donors (Lipinski definition) is 0. The lowest BCUT2D eigenvalue weighted by molar-refractivity contribution is 0.0967. The number of hydrogen-bond acceptors (Lipinski definition) is 2. The smallest absolute Gasteiger partial charge is 0.181 e. The minimum atomic E-state index is 0.208. The van der Waals surface area contributed by atoms with Crippen molar-refractivity contribution in [3.05, 3.63) is 29.1 Å². The summed E-state index contributed by atoms with van der Waals surface area (Å²) >= 11 is 0. The lowest BCUT2D eigenvalue weighted by Crippen LogP contribution is -2.13. The van der Waals surface area contributed by atoms with Crippen LogP contribution in [-0.2, 0) is 6.42 Å². The van der Waals surface area contributed by atoms with Gasteiger partial charge in [0.1, 0.15) is 5.69 Å². The number of carbonyl (C=O) groups excluding carboxylic acids is 1. The molecule has 0 saturated heterocycles. The van der Waals surface area contributed by atoms with Crippen molar-refractivity contribution in [2.75, 3.05) is 0 Å². The van der Waals surface area contributed by atoms with Crippen molar-refractivity contribution in [1.29, 1.82) is 0 Å². The first-order chi connectivity index (χ1) is 5.79. The zero-order valence-corrected chi connectivity index (χ0v) is 7.13. The molecule has 0 aromatic carbocycles. The van der Waals surface area contributed by atoms with Gasteiger partial charge in [0.25, 0.3) is 0 Å². The van der Waals surface area contributed by atoms with Crippen LogP contribution in [0.15, 0.2) is 12.3 Å². The molecule has 0 aliphatic heterocycles. The SMILES string of the molecule is Cc1ccnc2c1CCCC2=O. The molecule has 2 nitrogen and oxygen atoms in total. The van der Waals surface area contributed by atoms with E-state index in [1.165, 1.54) is 5.56 Å². The van der Waals surface area contributed by atoms with Crippen molar-refractivity contribution in [3.63, 3.8) is 0 Å². The lowest BCUT2D eigenvalue weighted by Gasteiger charge is -2.14. The van der Waals surface area contributed by atoms with E-state index < -0.39 is 0 Å². The highest BCUT2D eigenvalue weighted by Crippen LogP contribution is 2.21. The first kappa shape index (κ1) is 7.47. The van der Waals surface area contributed by atoms with Crippen LogP contribution in [0.4, 0.5) is 0 Å². The average Bonchev–Trinajstić information content (AvgIpc) is 2.07. The summed E-state index contributed by atoms with van der Waals surface area (Å²) in [7, 11) is 0. The molecule has 0 amide bonds. The van der Waals surface area contributed by atoms with E-state index in [1.54, 1.807) is 6.20 Å². The molecule has 1 aromatic heterocycles. The maximum Gasteiger partial charge on any atom is 0.181 e. The van der Waals surface area contributed by atoms with Crippen LogP contribution in [0, 0.1) is 6.92 Å². The number of fused-ring (bicyclic) bond motifs is 1. The second-order valence-corrected chi connectivity index (χ2v) is 3.23. The fourth-order valence-electron chi connectivity index (χ4n) is 1.69. The van der Waals surface area contributed by atoms with Gasteiger partial charge in [-0.3, -0.25) is 9.78 Å². The van der Waals surface area contributed by atoms with Gasteiger partial charge in [0.2, 0.25) is 0 Å². The molecule has 0 fully saturated rings. The fourth-order valence-corrected chi connectivity index (χ4v) is 1.69. The average molecular weight is 161 g/mol. The standard InChI is InChI=1S/C10H11NO/c1-7-5-6-11-10-8(7)3-2-4-9(10)12/h5-6H,2-4H2,1H3. The molecule has 2 heteroatoms. The molecule has 0 spiro atoms. The largest absolute Gasteiger partial charge is 0.292 e. The maximum absolute atomic E-state index is 11.4. The van der Waals surface area contributed by atoms with E-state index in [4.69, 9.17) is 0 Å². The minimum Gasteiger partial charge on any atom is -0.292 e. The van der Waals surface area contributed by atoms with Gasteiger partial charge in [-0.05, 0) is 37.0 Å². The van der Waals surface area contributed by atoms with Crippen LogP contribution >= 0.6 is 0 Å². The zero-order valence-electron chi connectivity index (χ0n) is 7.13. The number of ketones is 1. The Morgan fingerprint density at radius 3 is 3.00 bits per heavy atom. The molecule has 62 valence electrons. The highest BCUT2D eigenvalue weighted by molar-refractivity contribution is 5.96. The van der Waals surface area contributed by atoms with E-state index in [0.717, 1.165) is 18.4 Å². The quantitative estimate of drug-likeness (QED) is 0.581. The molecule has 0 atom stereocenters. The Morgan fingerprint density at radius 2 is 2.25 bits per heavy atom. The Morgan fingerprint density at radius 1 is 1.42 bits per heavy atom. The molecule has 1 aromatic rings. The molecule has 0 bridgehead atoms. The van der Waals surface area contributed by atoms with Gasteiger partial charge in [0.05, 0.1) is 0 Å². The Balaban J connectivity index is 2.59. The third-order valence-electron chi connectivity index (χ3n) is 2.38. The van der Waals surface area contributed by atoms with Crippen molar-refractivity contribution >= 4 is 5.78 Å². The van der Waals surface area contributed by atoms with E-state index in [9.17, 15) is 4.79 Å². The Hall–Kier alpha value is -1.18. The summed E-state index contributed by atoms with van der Waals surface area (Å²) in [4.78, 5) is 15.5. The molecular weight excluding hydrogens is 150 g/mol. The summed E-state index contributed by atoms with van der Waals surface area (Å²) in [6.07, 6.45) is 4.39. The van der Waals surface area contributed by atoms with Crippen molar-refractivity contribution in [3.8, 4) is 0 Å². The third-order valence-corrected chi connectivity index (χ3v) is 2.38. The second-order valence-electron chi connectivity index (χ2n) is 3.23. The minimum absolute atomic E-state index is 0.208. The van der Waals surface area contributed by atoms with E-state index in [1.807, 2.05) is 13.0 Å². The first-order valence-electron chi connectivity index (χ1n) is 4.27. The number of carbonyl (C=O) groups is 1. The molecule has 12 heavy (non-hydrogen) atoms.